The van der Waals surface area contributed by atoms with E-state index >= 15 is 0 Å². The van der Waals surface area contributed by atoms with Crippen LogP contribution in [0.3, 0.4) is 0 Å². The summed E-state index contributed by atoms with van der Waals surface area (Å²) in [5, 5.41) is 2.71. The molecule has 3 rings (SSSR count). The van der Waals surface area contributed by atoms with E-state index in [0.717, 1.165) is 11.0 Å². The molecule has 0 saturated carbocycles. The van der Waals surface area contributed by atoms with E-state index in [1.807, 2.05) is 24.3 Å². The van der Waals surface area contributed by atoms with Crippen molar-refractivity contribution in [2.45, 2.75) is 24.3 Å². The molecule has 8 heteroatoms. The lowest BCUT2D eigenvalue weighted by molar-refractivity contribution is -0.120. The van der Waals surface area contributed by atoms with Crippen LogP contribution in [0.25, 0.3) is 11.0 Å². The summed E-state index contributed by atoms with van der Waals surface area (Å²) < 4.78 is 26.0. The third kappa shape index (κ3) is 4.65. The number of sulfone groups is 1. The monoisotopic (exact) mass is 387 g/mol. The van der Waals surface area contributed by atoms with Gasteiger partial charge >= 0.3 is 5.69 Å². The van der Waals surface area contributed by atoms with Crippen molar-refractivity contribution in [2.75, 3.05) is 12.3 Å². The van der Waals surface area contributed by atoms with Crippen molar-refractivity contribution in [3.8, 4) is 0 Å². The number of aryl methyl sites for hydroxylation is 1. The van der Waals surface area contributed by atoms with Gasteiger partial charge in [0.1, 0.15) is 0 Å². The van der Waals surface area contributed by atoms with Crippen LogP contribution in [0.15, 0.2) is 64.3 Å². The Bertz CT molecular complexity index is 1080. The molecule has 27 heavy (non-hydrogen) atoms. The van der Waals surface area contributed by atoms with Gasteiger partial charge in [-0.2, -0.15) is 0 Å². The van der Waals surface area contributed by atoms with Crippen LogP contribution >= 0.6 is 0 Å². The predicted octanol–water partition coefficient (Wildman–Crippen LogP) is 1.70. The Balaban J connectivity index is 1.46. The van der Waals surface area contributed by atoms with Crippen LogP contribution in [0, 0.1) is 0 Å². The summed E-state index contributed by atoms with van der Waals surface area (Å²) in [4.78, 5) is 26.9. The Morgan fingerprint density at radius 3 is 2.52 bits per heavy atom. The molecule has 0 aliphatic heterocycles. The zero-order chi connectivity index (χ0) is 19.3. The Morgan fingerprint density at radius 1 is 1.04 bits per heavy atom. The van der Waals surface area contributed by atoms with Gasteiger partial charge in [0.25, 0.3) is 0 Å². The average molecular weight is 387 g/mol. The van der Waals surface area contributed by atoms with Gasteiger partial charge in [0.15, 0.2) is 9.84 Å². The highest BCUT2D eigenvalue weighted by atomic mass is 32.2. The van der Waals surface area contributed by atoms with E-state index in [1.54, 1.807) is 22.8 Å². The molecule has 3 aromatic rings. The first-order valence-corrected chi connectivity index (χ1v) is 10.3. The quantitative estimate of drug-likeness (QED) is 0.575. The van der Waals surface area contributed by atoms with Crippen LogP contribution < -0.4 is 11.0 Å². The van der Waals surface area contributed by atoms with Gasteiger partial charge in [-0.15, -0.1) is 0 Å². The number of amides is 1. The summed E-state index contributed by atoms with van der Waals surface area (Å²) in [7, 11) is -3.46. The second kappa shape index (κ2) is 8.22. The lowest BCUT2D eigenvalue weighted by Crippen LogP contribution is -2.28. The molecule has 142 valence electrons. The fraction of sp³-hybridized carbons (Fsp3) is 0.263. The number of carbonyl (C=O) groups excluding carboxylic acids is 1. The summed E-state index contributed by atoms with van der Waals surface area (Å²) in [5.41, 5.74) is 1.41. The highest BCUT2D eigenvalue weighted by Crippen LogP contribution is 2.11. The molecule has 0 saturated heterocycles. The van der Waals surface area contributed by atoms with E-state index in [9.17, 15) is 18.0 Å². The van der Waals surface area contributed by atoms with Crippen LogP contribution in [0.5, 0.6) is 0 Å². The molecule has 0 aliphatic rings. The summed E-state index contributed by atoms with van der Waals surface area (Å²) in [5.74, 6) is -0.550. The van der Waals surface area contributed by atoms with Crippen LogP contribution in [-0.4, -0.2) is 36.2 Å². The van der Waals surface area contributed by atoms with E-state index in [4.69, 9.17) is 0 Å². The first kappa shape index (κ1) is 18.9. The minimum absolute atomic E-state index is 0.0930. The smallest absolute Gasteiger partial charge is 0.326 e. The molecule has 0 fully saturated rings. The topological polar surface area (TPSA) is 101 Å². The number of aromatic nitrogens is 2. The standard InChI is InChI=1S/C19H21N3O4S/c23-18(11-14-27(25,26)15-7-2-1-3-8-15)20-12-6-13-22-17-10-5-4-9-16(17)21-19(22)24/h1-5,7-10H,6,11-14H2,(H,20,23)(H,21,24). The number of benzene rings is 2. The lowest BCUT2D eigenvalue weighted by Gasteiger charge is -2.07. The normalized spacial score (nSPS) is 11.6. The minimum atomic E-state index is -3.46. The second-order valence-corrected chi connectivity index (χ2v) is 8.29. The molecular weight excluding hydrogens is 366 g/mol. The first-order chi connectivity index (χ1) is 13.0. The Morgan fingerprint density at radius 2 is 1.74 bits per heavy atom. The van der Waals surface area contributed by atoms with E-state index in [1.165, 1.54) is 12.1 Å². The number of H-pyrrole nitrogens is 1. The van der Waals surface area contributed by atoms with Crippen molar-refractivity contribution in [3.63, 3.8) is 0 Å². The molecule has 7 nitrogen and oxygen atoms in total. The van der Waals surface area contributed by atoms with Gasteiger partial charge in [0, 0.05) is 19.5 Å². The molecule has 2 aromatic carbocycles. The number of hydrogen-bond acceptors (Lipinski definition) is 4. The van der Waals surface area contributed by atoms with Crippen molar-refractivity contribution in [3.05, 3.63) is 65.1 Å². The third-order valence-corrected chi connectivity index (χ3v) is 5.99. The van der Waals surface area contributed by atoms with Crippen LogP contribution in [0.1, 0.15) is 12.8 Å². The third-order valence-electron chi connectivity index (χ3n) is 4.26. The molecule has 1 amide bonds. The largest absolute Gasteiger partial charge is 0.356 e. The van der Waals surface area contributed by atoms with Gasteiger partial charge in [-0.1, -0.05) is 30.3 Å². The molecule has 2 N–H and O–H groups in total. The number of hydrogen-bond donors (Lipinski definition) is 2. The molecule has 0 unspecified atom stereocenters. The minimum Gasteiger partial charge on any atom is -0.356 e. The van der Waals surface area contributed by atoms with Gasteiger partial charge in [0.05, 0.1) is 21.7 Å². The van der Waals surface area contributed by atoms with Crippen LogP contribution in [0.4, 0.5) is 0 Å². The highest BCUT2D eigenvalue weighted by Gasteiger charge is 2.15. The van der Waals surface area contributed by atoms with Gasteiger partial charge in [0.2, 0.25) is 5.91 Å². The summed E-state index contributed by atoms with van der Waals surface area (Å²) >= 11 is 0. The van der Waals surface area contributed by atoms with Crippen molar-refractivity contribution in [2.24, 2.45) is 0 Å². The number of para-hydroxylation sites is 2. The van der Waals surface area contributed by atoms with Crippen molar-refractivity contribution in [1.29, 1.82) is 0 Å². The van der Waals surface area contributed by atoms with E-state index < -0.39 is 9.84 Å². The fourth-order valence-corrected chi connectivity index (χ4v) is 4.12. The fourth-order valence-electron chi connectivity index (χ4n) is 2.85. The number of aromatic amines is 1. The van der Waals surface area contributed by atoms with Crippen molar-refractivity contribution in [1.82, 2.24) is 14.9 Å². The van der Waals surface area contributed by atoms with Gasteiger partial charge in [-0.05, 0) is 30.7 Å². The maximum atomic E-state index is 12.2. The summed E-state index contributed by atoms with van der Waals surface area (Å²) in [6.07, 6.45) is 0.475. The molecular formula is C19H21N3O4S. The average Bonchev–Trinajstić information content (AvgIpc) is 2.99. The Kier molecular flexibility index (Phi) is 5.75. The first-order valence-electron chi connectivity index (χ1n) is 8.69. The maximum Gasteiger partial charge on any atom is 0.326 e. The summed E-state index contributed by atoms with van der Waals surface area (Å²) in [6.45, 7) is 0.835. The number of rotatable bonds is 8. The molecule has 1 heterocycles. The zero-order valence-electron chi connectivity index (χ0n) is 14.7. The molecule has 0 radical (unpaired) electrons. The van der Waals surface area contributed by atoms with E-state index in [2.05, 4.69) is 10.3 Å². The Labute approximate surface area is 156 Å². The molecule has 0 aliphatic carbocycles. The van der Waals surface area contributed by atoms with E-state index in [-0.39, 0.29) is 28.7 Å². The second-order valence-electron chi connectivity index (χ2n) is 6.18. The molecule has 1 aromatic heterocycles. The van der Waals surface area contributed by atoms with Gasteiger partial charge < -0.3 is 10.3 Å². The van der Waals surface area contributed by atoms with Crippen LogP contribution in [0.2, 0.25) is 0 Å². The number of carbonyl (C=O) groups is 1. The molecule has 0 spiro atoms. The van der Waals surface area contributed by atoms with Crippen molar-refractivity contribution >= 4 is 26.8 Å². The number of imidazole rings is 1. The predicted molar refractivity (Wildman–Crippen MR) is 103 cm³/mol. The maximum absolute atomic E-state index is 12.2. The molecule has 0 atom stereocenters. The summed E-state index contributed by atoms with van der Waals surface area (Å²) in [6, 6.07) is 15.5. The highest BCUT2D eigenvalue weighted by molar-refractivity contribution is 7.91. The Hall–Kier alpha value is -2.87. The lowest BCUT2D eigenvalue weighted by atomic mass is 10.3. The SMILES string of the molecule is O=C(CCS(=O)(=O)c1ccccc1)NCCCn1c(=O)[nH]c2ccccc21. The number of nitrogens with zero attached hydrogens (tertiary/aromatic N) is 1. The number of nitrogens with one attached hydrogen (secondary N) is 2. The van der Waals surface area contributed by atoms with E-state index in [0.29, 0.717) is 19.5 Å². The van der Waals surface area contributed by atoms with Crippen LogP contribution in [-0.2, 0) is 21.2 Å². The molecule has 0 bridgehead atoms. The number of fused-ring (bicyclic) bond motifs is 1. The van der Waals surface area contributed by atoms with Gasteiger partial charge in [-0.3, -0.25) is 9.36 Å². The van der Waals surface area contributed by atoms with Gasteiger partial charge in [-0.25, -0.2) is 13.2 Å². The van der Waals surface area contributed by atoms with Crippen molar-refractivity contribution < 1.29 is 13.2 Å². The zero-order valence-corrected chi connectivity index (χ0v) is 15.5.